The highest BCUT2D eigenvalue weighted by Crippen LogP contribution is 2.27. The van der Waals surface area contributed by atoms with Gasteiger partial charge in [0.05, 0.1) is 31.2 Å². The molecule has 1 aromatic carbocycles. The number of nitrogens with zero attached hydrogens (tertiary/aromatic N) is 6. The standard InChI is InChI=1S/C23H20N8O2/c1-33-23-18(9-16(10-25-23)19-7-8-20-21(24)26-14-28-31(19)20)22(32)29-17-11-27-30(13-17)12-15-5-3-2-4-6-15/h2-11,13-14H,12H2,1H3,(H,29,32)(H2,24,26,28). The fraction of sp³-hybridized carbons (Fsp3) is 0.0870. The van der Waals surface area contributed by atoms with E-state index >= 15 is 0 Å². The van der Waals surface area contributed by atoms with Crippen LogP contribution < -0.4 is 15.8 Å². The van der Waals surface area contributed by atoms with Crippen LogP contribution in [0.2, 0.25) is 0 Å². The third kappa shape index (κ3) is 3.97. The van der Waals surface area contributed by atoms with E-state index in [2.05, 4.69) is 25.5 Å². The number of carbonyl (C=O) groups excluding carboxylic acids is 1. The number of rotatable bonds is 6. The third-order valence-corrected chi connectivity index (χ3v) is 5.15. The van der Waals surface area contributed by atoms with Crippen molar-refractivity contribution in [2.45, 2.75) is 6.54 Å². The second kappa shape index (κ2) is 8.42. The molecule has 0 aliphatic heterocycles. The minimum absolute atomic E-state index is 0.211. The Hall–Kier alpha value is -4.73. The summed E-state index contributed by atoms with van der Waals surface area (Å²) in [6, 6.07) is 15.3. The number of nitrogens with one attached hydrogen (secondary N) is 1. The summed E-state index contributed by atoms with van der Waals surface area (Å²) in [5.74, 6) is 0.210. The van der Waals surface area contributed by atoms with Crippen LogP contribution in [0.15, 0.2) is 73.4 Å². The van der Waals surface area contributed by atoms with Gasteiger partial charge in [-0.3, -0.25) is 9.48 Å². The molecule has 1 amide bonds. The minimum Gasteiger partial charge on any atom is -0.480 e. The van der Waals surface area contributed by atoms with Gasteiger partial charge in [0.1, 0.15) is 17.4 Å². The molecular weight excluding hydrogens is 420 g/mol. The first-order valence-corrected chi connectivity index (χ1v) is 10.1. The zero-order valence-electron chi connectivity index (χ0n) is 17.7. The summed E-state index contributed by atoms with van der Waals surface area (Å²) < 4.78 is 8.73. The van der Waals surface area contributed by atoms with Crippen LogP contribution in [-0.4, -0.2) is 42.4 Å². The van der Waals surface area contributed by atoms with E-state index in [1.54, 1.807) is 33.9 Å². The number of nitrogen functional groups attached to an aromatic ring is 1. The number of fused-ring (bicyclic) bond motifs is 1. The summed E-state index contributed by atoms with van der Waals surface area (Å²) in [5, 5.41) is 11.4. The second-order valence-corrected chi connectivity index (χ2v) is 7.31. The van der Waals surface area contributed by atoms with E-state index in [-0.39, 0.29) is 17.4 Å². The second-order valence-electron chi connectivity index (χ2n) is 7.31. The lowest BCUT2D eigenvalue weighted by Crippen LogP contribution is -2.14. The molecule has 0 aliphatic rings. The van der Waals surface area contributed by atoms with Gasteiger partial charge in [-0.1, -0.05) is 30.3 Å². The number of anilines is 2. The normalized spacial score (nSPS) is 10.9. The first-order chi connectivity index (χ1) is 16.1. The fourth-order valence-electron chi connectivity index (χ4n) is 3.57. The van der Waals surface area contributed by atoms with Crippen LogP contribution in [-0.2, 0) is 6.54 Å². The molecule has 0 saturated heterocycles. The maximum absolute atomic E-state index is 13.1. The predicted molar refractivity (Wildman–Crippen MR) is 123 cm³/mol. The number of carbonyl (C=O) groups is 1. The van der Waals surface area contributed by atoms with Crippen LogP contribution in [0.25, 0.3) is 16.8 Å². The van der Waals surface area contributed by atoms with Crippen LogP contribution in [0.1, 0.15) is 15.9 Å². The van der Waals surface area contributed by atoms with Gasteiger partial charge < -0.3 is 15.8 Å². The molecule has 5 aromatic rings. The Morgan fingerprint density at radius 2 is 1.94 bits per heavy atom. The number of hydrogen-bond donors (Lipinski definition) is 2. The number of benzene rings is 1. The van der Waals surface area contributed by atoms with Gasteiger partial charge in [-0.25, -0.2) is 14.5 Å². The number of nitrogens with two attached hydrogens (primary N) is 1. The van der Waals surface area contributed by atoms with E-state index < -0.39 is 0 Å². The molecule has 10 heteroatoms. The monoisotopic (exact) mass is 440 g/mol. The molecule has 10 nitrogen and oxygen atoms in total. The van der Waals surface area contributed by atoms with E-state index in [0.29, 0.717) is 29.1 Å². The van der Waals surface area contributed by atoms with Crippen molar-refractivity contribution < 1.29 is 9.53 Å². The lowest BCUT2D eigenvalue weighted by atomic mass is 10.1. The van der Waals surface area contributed by atoms with Gasteiger partial charge in [-0.2, -0.15) is 10.2 Å². The SMILES string of the molecule is COc1ncc(-c2ccc3c(N)ncnn23)cc1C(=O)Nc1cnn(Cc2ccccc2)c1. The van der Waals surface area contributed by atoms with Gasteiger partial charge in [-0.15, -0.1) is 0 Å². The van der Waals surface area contributed by atoms with E-state index in [1.165, 1.54) is 13.4 Å². The quantitative estimate of drug-likeness (QED) is 0.416. The van der Waals surface area contributed by atoms with Gasteiger partial charge in [0.25, 0.3) is 5.91 Å². The third-order valence-electron chi connectivity index (χ3n) is 5.15. The maximum Gasteiger partial charge on any atom is 0.261 e. The highest BCUT2D eigenvalue weighted by molar-refractivity contribution is 6.06. The topological polar surface area (TPSA) is 125 Å². The molecule has 0 bridgehead atoms. The molecule has 0 fully saturated rings. The van der Waals surface area contributed by atoms with Crippen LogP contribution >= 0.6 is 0 Å². The summed E-state index contributed by atoms with van der Waals surface area (Å²) in [5.41, 5.74) is 9.95. The molecule has 4 heterocycles. The summed E-state index contributed by atoms with van der Waals surface area (Å²) in [6.07, 6.45) is 6.37. The Kier molecular flexibility index (Phi) is 5.15. The Balaban J connectivity index is 1.41. The van der Waals surface area contributed by atoms with E-state index in [9.17, 15) is 4.79 Å². The Morgan fingerprint density at radius 3 is 2.76 bits per heavy atom. The minimum atomic E-state index is -0.365. The van der Waals surface area contributed by atoms with Crippen LogP contribution in [0.3, 0.4) is 0 Å². The summed E-state index contributed by atoms with van der Waals surface area (Å²) in [6.45, 7) is 0.601. The van der Waals surface area contributed by atoms with Crippen molar-refractivity contribution in [1.82, 2.24) is 29.4 Å². The maximum atomic E-state index is 13.1. The number of amides is 1. The molecule has 0 aliphatic carbocycles. The van der Waals surface area contributed by atoms with Crippen LogP contribution in [0, 0.1) is 0 Å². The molecule has 0 unspecified atom stereocenters. The number of pyridine rings is 1. The summed E-state index contributed by atoms with van der Waals surface area (Å²) in [7, 11) is 1.47. The zero-order valence-corrected chi connectivity index (χ0v) is 17.7. The summed E-state index contributed by atoms with van der Waals surface area (Å²) in [4.78, 5) is 21.4. The molecule has 4 aromatic heterocycles. The lowest BCUT2D eigenvalue weighted by Gasteiger charge is -2.10. The fourth-order valence-corrected chi connectivity index (χ4v) is 3.57. The Bertz CT molecular complexity index is 1440. The van der Waals surface area contributed by atoms with Crippen molar-refractivity contribution in [3.63, 3.8) is 0 Å². The van der Waals surface area contributed by atoms with Crippen molar-refractivity contribution in [1.29, 1.82) is 0 Å². The Labute approximate surface area is 188 Å². The first-order valence-electron chi connectivity index (χ1n) is 10.1. The molecule has 164 valence electrons. The van der Waals surface area contributed by atoms with Gasteiger partial charge in [-0.05, 0) is 23.8 Å². The average molecular weight is 440 g/mol. The predicted octanol–water partition coefficient (Wildman–Crippen LogP) is 2.88. The van der Waals surface area contributed by atoms with Crippen molar-refractivity contribution in [2.75, 3.05) is 18.2 Å². The first kappa shape index (κ1) is 20.2. The molecule has 0 atom stereocenters. The number of ether oxygens (including phenoxy) is 1. The molecule has 3 N–H and O–H groups in total. The van der Waals surface area contributed by atoms with Crippen molar-refractivity contribution >= 4 is 22.9 Å². The molecule has 0 saturated carbocycles. The summed E-state index contributed by atoms with van der Waals surface area (Å²) >= 11 is 0. The van der Waals surface area contributed by atoms with Gasteiger partial charge in [0, 0.05) is 18.0 Å². The van der Waals surface area contributed by atoms with E-state index in [0.717, 1.165) is 11.3 Å². The van der Waals surface area contributed by atoms with Crippen molar-refractivity contribution in [3.05, 3.63) is 84.6 Å². The molecule has 0 radical (unpaired) electrons. The highest BCUT2D eigenvalue weighted by atomic mass is 16.5. The largest absolute Gasteiger partial charge is 0.480 e. The van der Waals surface area contributed by atoms with Crippen molar-refractivity contribution in [3.8, 4) is 17.1 Å². The zero-order chi connectivity index (χ0) is 22.8. The lowest BCUT2D eigenvalue weighted by molar-refractivity contribution is 0.102. The highest BCUT2D eigenvalue weighted by Gasteiger charge is 2.18. The molecule has 5 rings (SSSR count). The molecule has 0 spiro atoms. The van der Waals surface area contributed by atoms with E-state index in [4.69, 9.17) is 10.5 Å². The number of hydrogen-bond acceptors (Lipinski definition) is 7. The molecule has 33 heavy (non-hydrogen) atoms. The number of methoxy groups -OCH3 is 1. The van der Waals surface area contributed by atoms with Gasteiger partial charge in [0.2, 0.25) is 5.88 Å². The van der Waals surface area contributed by atoms with Gasteiger partial charge >= 0.3 is 0 Å². The molecular formula is C23H20N8O2. The van der Waals surface area contributed by atoms with Gasteiger partial charge in [0.15, 0.2) is 5.82 Å². The number of aromatic nitrogens is 6. The van der Waals surface area contributed by atoms with Crippen LogP contribution in [0.5, 0.6) is 5.88 Å². The Morgan fingerprint density at radius 1 is 1.09 bits per heavy atom. The smallest absolute Gasteiger partial charge is 0.261 e. The average Bonchev–Trinajstić information content (AvgIpc) is 3.47. The van der Waals surface area contributed by atoms with Crippen molar-refractivity contribution in [2.24, 2.45) is 0 Å². The van der Waals surface area contributed by atoms with E-state index in [1.807, 2.05) is 42.5 Å². The van der Waals surface area contributed by atoms with Crippen LogP contribution in [0.4, 0.5) is 11.5 Å².